The fourth-order valence-electron chi connectivity index (χ4n) is 3.39. The lowest BCUT2D eigenvalue weighted by molar-refractivity contribution is -0.268. The van der Waals surface area contributed by atoms with Crippen molar-refractivity contribution < 1.29 is 44.5 Å². The molecule has 3 aromatic rings. The van der Waals surface area contributed by atoms with Crippen LogP contribution in [-0.2, 0) is 4.74 Å². The highest BCUT2D eigenvalue weighted by molar-refractivity contribution is 5.88. The molecule has 1 aromatic heterocycles. The number of hydrogen-bond donors (Lipinski definition) is 6. The summed E-state index contributed by atoms with van der Waals surface area (Å²) in [5, 5.41) is 59.6. The van der Waals surface area contributed by atoms with E-state index in [2.05, 4.69) is 0 Å². The minimum absolute atomic E-state index is 0.0210. The van der Waals surface area contributed by atoms with E-state index in [1.807, 2.05) is 0 Å². The van der Waals surface area contributed by atoms with Crippen LogP contribution in [0.3, 0.4) is 0 Å². The Labute approximate surface area is 174 Å². The van der Waals surface area contributed by atoms with Crippen LogP contribution in [0, 0.1) is 0 Å². The maximum atomic E-state index is 12.6. The molecule has 0 saturated carbocycles. The molecule has 0 amide bonds. The lowest BCUT2D eigenvalue weighted by Gasteiger charge is -2.38. The van der Waals surface area contributed by atoms with Gasteiger partial charge in [0, 0.05) is 17.7 Å². The minimum atomic E-state index is -1.58. The van der Waals surface area contributed by atoms with E-state index in [1.54, 1.807) is 0 Å². The third kappa shape index (κ3) is 3.66. The molecule has 0 bridgehead atoms. The van der Waals surface area contributed by atoms with E-state index in [1.165, 1.54) is 37.3 Å². The van der Waals surface area contributed by atoms with Crippen LogP contribution in [0.1, 0.15) is 6.92 Å². The van der Waals surface area contributed by atoms with Gasteiger partial charge in [-0.2, -0.15) is 0 Å². The number of rotatable bonds is 3. The van der Waals surface area contributed by atoms with Gasteiger partial charge in [0.25, 0.3) is 0 Å². The highest BCUT2D eigenvalue weighted by Gasteiger charge is 2.43. The number of phenolic OH excluding ortho intramolecular Hbond substituents is 2. The molecule has 2 heterocycles. The van der Waals surface area contributed by atoms with Crippen LogP contribution >= 0.6 is 0 Å². The first kappa shape index (κ1) is 20.9. The van der Waals surface area contributed by atoms with Crippen LogP contribution in [0.5, 0.6) is 23.0 Å². The molecule has 1 fully saturated rings. The number of ether oxygens (including phenoxy) is 2. The molecule has 6 N–H and O–H groups in total. The quantitative estimate of drug-likeness (QED) is 0.348. The SMILES string of the molecule is C[C@@H]1O[C@@H](Oc2cc(O)c3c(=O)c(O)c(-c4ccc(O)cc4)oc3c2)[C@H](O)[C@@H](O)[C@@H]1O. The van der Waals surface area contributed by atoms with Crippen LogP contribution in [0.25, 0.3) is 22.3 Å². The molecule has 1 aliphatic heterocycles. The second kappa shape index (κ2) is 7.75. The summed E-state index contributed by atoms with van der Waals surface area (Å²) < 4.78 is 16.5. The average molecular weight is 432 g/mol. The van der Waals surface area contributed by atoms with Crippen LogP contribution in [0.15, 0.2) is 45.6 Å². The first-order valence-corrected chi connectivity index (χ1v) is 9.36. The number of aromatic hydroxyl groups is 3. The Morgan fingerprint density at radius 2 is 1.61 bits per heavy atom. The van der Waals surface area contributed by atoms with Crippen molar-refractivity contribution in [3.8, 4) is 34.3 Å². The number of benzene rings is 2. The first-order valence-electron chi connectivity index (χ1n) is 9.36. The van der Waals surface area contributed by atoms with E-state index in [0.717, 1.165) is 6.07 Å². The highest BCUT2D eigenvalue weighted by Crippen LogP contribution is 2.36. The summed E-state index contributed by atoms with van der Waals surface area (Å²) in [5.41, 5.74) is -0.702. The van der Waals surface area contributed by atoms with Gasteiger partial charge in [-0.25, -0.2) is 0 Å². The Balaban J connectivity index is 1.76. The molecule has 0 aliphatic carbocycles. The van der Waals surface area contributed by atoms with Gasteiger partial charge in [-0.3, -0.25) is 4.79 Å². The van der Waals surface area contributed by atoms with Crippen molar-refractivity contribution in [2.24, 2.45) is 0 Å². The summed E-state index contributed by atoms with van der Waals surface area (Å²) in [6.45, 7) is 1.49. The number of hydrogen-bond acceptors (Lipinski definition) is 10. The molecule has 0 radical (unpaired) electrons. The van der Waals surface area contributed by atoms with E-state index in [0.29, 0.717) is 5.56 Å². The summed E-state index contributed by atoms with van der Waals surface area (Å²) in [4.78, 5) is 12.6. The average Bonchev–Trinajstić information content (AvgIpc) is 2.73. The summed E-state index contributed by atoms with van der Waals surface area (Å²) >= 11 is 0. The number of fused-ring (bicyclic) bond motifs is 1. The standard InChI is InChI=1S/C21H20O10/c1-8-15(24)17(26)19(28)21(29-8)30-11-6-12(23)14-13(7-11)31-20(18(27)16(14)25)9-2-4-10(22)5-3-9/h2-8,15,17,19,21-24,26-28H,1H3/t8-,15+,17-,19+,21-/m0/s1. The molecule has 2 aromatic carbocycles. The normalized spacial score (nSPS) is 26.1. The molecule has 164 valence electrons. The maximum Gasteiger partial charge on any atom is 0.238 e. The van der Waals surface area contributed by atoms with Crippen LogP contribution in [0.4, 0.5) is 0 Å². The van der Waals surface area contributed by atoms with Gasteiger partial charge >= 0.3 is 0 Å². The second-order valence-electron chi connectivity index (χ2n) is 7.27. The van der Waals surface area contributed by atoms with Gasteiger partial charge in [-0.15, -0.1) is 0 Å². The predicted octanol–water partition coefficient (Wildman–Crippen LogP) is 0.783. The topological polar surface area (TPSA) is 170 Å². The van der Waals surface area contributed by atoms with Gasteiger partial charge in [-0.1, -0.05) is 0 Å². The van der Waals surface area contributed by atoms with Gasteiger partial charge in [0.1, 0.15) is 46.5 Å². The van der Waals surface area contributed by atoms with E-state index >= 15 is 0 Å². The number of phenols is 2. The van der Waals surface area contributed by atoms with E-state index in [9.17, 15) is 35.4 Å². The predicted molar refractivity (Wildman–Crippen MR) is 106 cm³/mol. The zero-order valence-corrected chi connectivity index (χ0v) is 16.2. The van der Waals surface area contributed by atoms with Crippen LogP contribution < -0.4 is 10.2 Å². The van der Waals surface area contributed by atoms with E-state index in [-0.39, 0.29) is 28.2 Å². The summed E-state index contributed by atoms with van der Waals surface area (Å²) in [7, 11) is 0. The third-order valence-corrected chi connectivity index (χ3v) is 5.11. The zero-order chi connectivity index (χ0) is 22.4. The fraction of sp³-hybridized carbons (Fsp3) is 0.286. The largest absolute Gasteiger partial charge is 0.508 e. The Kier molecular flexibility index (Phi) is 5.23. The van der Waals surface area contributed by atoms with Gasteiger partial charge in [0.05, 0.1) is 6.10 Å². The molecule has 0 unspecified atom stereocenters. The van der Waals surface area contributed by atoms with Crippen molar-refractivity contribution in [2.75, 3.05) is 0 Å². The smallest absolute Gasteiger partial charge is 0.238 e. The van der Waals surface area contributed by atoms with E-state index < -0.39 is 47.6 Å². The second-order valence-corrected chi connectivity index (χ2v) is 7.27. The Morgan fingerprint density at radius 3 is 2.29 bits per heavy atom. The first-order chi connectivity index (χ1) is 14.7. The molecule has 31 heavy (non-hydrogen) atoms. The Bertz CT molecular complexity index is 1170. The van der Waals surface area contributed by atoms with Gasteiger partial charge in [0.2, 0.25) is 17.5 Å². The molecule has 1 saturated heterocycles. The molecule has 0 spiro atoms. The molecule has 4 rings (SSSR count). The lowest BCUT2D eigenvalue weighted by Crippen LogP contribution is -2.58. The monoisotopic (exact) mass is 432 g/mol. The molecular formula is C21H20O10. The van der Waals surface area contributed by atoms with Gasteiger partial charge in [-0.05, 0) is 31.2 Å². The van der Waals surface area contributed by atoms with Gasteiger partial charge in [0.15, 0.2) is 5.76 Å². The molecule has 1 aliphatic rings. The summed E-state index contributed by atoms with van der Waals surface area (Å²) in [5.74, 6) is -1.54. The molecule has 5 atom stereocenters. The van der Waals surface area contributed by atoms with Crippen molar-refractivity contribution >= 4 is 11.0 Å². The summed E-state index contributed by atoms with van der Waals surface area (Å²) in [6.07, 6.45) is -6.62. The zero-order valence-electron chi connectivity index (χ0n) is 16.2. The number of aliphatic hydroxyl groups is 3. The van der Waals surface area contributed by atoms with Crippen LogP contribution in [-0.4, -0.2) is 61.3 Å². The third-order valence-electron chi connectivity index (χ3n) is 5.11. The fourth-order valence-corrected chi connectivity index (χ4v) is 3.39. The van der Waals surface area contributed by atoms with E-state index in [4.69, 9.17) is 13.9 Å². The maximum absolute atomic E-state index is 12.6. The van der Waals surface area contributed by atoms with Crippen molar-refractivity contribution in [1.29, 1.82) is 0 Å². The summed E-state index contributed by atoms with van der Waals surface area (Å²) in [6, 6.07) is 7.87. The van der Waals surface area contributed by atoms with Crippen molar-refractivity contribution in [1.82, 2.24) is 0 Å². The number of aliphatic hydroxyl groups excluding tert-OH is 3. The van der Waals surface area contributed by atoms with Crippen molar-refractivity contribution in [3.05, 3.63) is 46.6 Å². The molecule has 10 heteroatoms. The molecule has 10 nitrogen and oxygen atoms in total. The minimum Gasteiger partial charge on any atom is -0.508 e. The Hall–Kier alpha value is -3.31. The van der Waals surface area contributed by atoms with Gasteiger partial charge < -0.3 is 44.5 Å². The van der Waals surface area contributed by atoms with Crippen LogP contribution in [0.2, 0.25) is 0 Å². The van der Waals surface area contributed by atoms with Crippen molar-refractivity contribution in [3.63, 3.8) is 0 Å². The Morgan fingerprint density at radius 1 is 0.935 bits per heavy atom. The molecular weight excluding hydrogens is 412 g/mol. The lowest BCUT2D eigenvalue weighted by atomic mass is 10.00. The van der Waals surface area contributed by atoms with Crippen molar-refractivity contribution in [2.45, 2.75) is 37.6 Å². The highest BCUT2D eigenvalue weighted by atomic mass is 16.7.